The molecule has 0 saturated heterocycles. The van der Waals surface area contributed by atoms with E-state index in [0.717, 1.165) is 16.6 Å². The van der Waals surface area contributed by atoms with E-state index in [1.165, 1.54) is 71.4 Å². The zero-order chi connectivity index (χ0) is 27.5. The predicted octanol–water partition coefficient (Wildman–Crippen LogP) is 11.5. The molecular weight excluding hydrogens is 496 g/mol. The van der Waals surface area contributed by atoms with Crippen molar-refractivity contribution in [3.8, 4) is 33.4 Å². The maximum atomic E-state index is 6.47. The van der Waals surface area contributed by atoms with Crippen molar-refractivity contribution in [2.45, 2.75) is 13.8 Å². The number of furan rings is 1. The summed E-state index contributed by atoms with van der Waals surface area (Å²) < 4.78 is 6.47. The SMILES string of the molecule is Cc1cc(C)cc(-c2ccc3oc4ccccc4c3c2-c2c3ccccc3c(-c3ccccc3)c3ccccc23)c1. The molecule has 1 heteroatoms. The lowest BCUT2D eigenvalue weighted by atomic mass is 9.82. The quantitative estimate of drug-likeness (QED) is 0.210. The van der Waals surface area contributed by atoms with Gasteiger partial charge in [-0.05, 0) is 75.3 Å². The van der Waals surface area contributed by atoms with Crippen LogP contribution in [0.4, 0.5) is 0 Å². The molecule has 0 radical (unpaired) electrons. The summed E-state index contributed by atoms with van der Waals surface area (Å²) in [4.78, 5) is 0. The average Bonchev–Trinajstić information content (AvgIpc) is 3.38. The smallest absolute Gasteiger partial charge is 0.136 e. The summed E-state index contributed by atoms with van der Waals surface area (Å²) in [6.07, 6.45) is 0. The monoisotopic (exact) mass is 524 g/mol. The molecule has 0 aliphatic heterocycles. The summed E-state index contributed by atoms with van der Waals surface area (Å²) in [7, 11) is 0. The first-order valence-electron chi connectivity index (χ1n) is 14.2. The summed E-state index contributed by atoms with van der Waals surface area (Å²) in [6.45, 7) is 4.36. The summed E-state index contributed by atoms with van der Waals surface area (Å²) in [6, 6.07) is 48.3. The molecule has 8 aromatic rings. The second-order valence-corrected chi connectivity index (χ2v) is 11.0. The molecule has 0 aliphatic rings. The Labute approximate surface area is 239 Å². The van der Waals surface area contributed by atoms with Gasteiger partial charge in [0.05, 0.1) is 0 Å². The van der Waals surface area contributed by atoms with Gasteiger partial charge in [0, 0.05) is 16.3 Å². The van der Waals surface area contributed by atoms with Crippen molar-refractivity contribution >= 4 is 43.5 Å². The van der Waals surface area contributed by atoms with E-state index in [4.69, 9.17) is 4.42 Å². The first kappa shape index (κ1) is 23.7. The van der Waals surface area contributed by atoms with E-state index in [1.807, 2.05) is 0 Å². The molecule has 0 fully saturated rings. The highest BCUT2D eigenvalue weighted by atomic mass is 16.3. The summed E-state index contributed by atoms with van der Waals surface area (Å²) in [5.74, 6) is 0. The van der Waals surface area contributed by atoms with Crippen LogP contribution in [0.25, 0.3) is 76.9 Å². The van der Waals surface area contributed by atoms with Gasteiger partial charge >= 0.3 is 0 Å². The minimum absolute atomic E-state index is 0.912. The zero-order valence-corrected chi connectivity index (χ0v) is 23.1. The first-order chi connectivity index (χ1) is 20.2. The Kier molecular flexibility index (Phi) is 5.33. The van der Waals surface area contributed by atoms with Gasteiger partial charge in [-0.3, -0.25) is 0 Å². The van der Waals surface area contributed by atoms with E-state index in [2.05, 4.69) is 147 Å². The maximum absolute atomic E-state index is 6.47. The van der Waals surface area contributed by atoms with E-state index in [-0.39, 0.29) is 0 Å². The van der Waals surface area contributed by atoms with Crippen LogP contribution in [0.3, 0.4) is 0 Å². The second-order valence-electron chi connectivity index (χ2n) is 11.0. The maximum Gasteiger partial charge on any atom is 0.136 e. The number of para-hydroxylation sites is 1. The highest BCUT2D eigenvalue weighted by Crippen LogP contribution is 2.50. The fourth-order valence-corrected chi connectivity index (χ4v) is 6.76. The predicted molar refractivity (Wildman–Crippen MR) is 175 cm³/mol. The molecule has 194 valence electrons. The lowest BCUT2D eigenvalue weighted by Crippen LogP contribution is -1.94. The van der Waals surface area contributed by atoms with E-state index < -0.39 is 0 Å². The molecule has 0 unspecified atom stereocenters. The van der Waals surface area contributed by atoms with Gasteiger partial charge in [-0.25, -0.2) is 0 Å². The number of aryl methyl sites for hydroxylation is 2. The van der Waals surface area contributed by atoms with E-state index in [0.29, 0.717) is 0 Å². The summed E-state index contributed by atoms with van der Waals surface area (Å²) in [5.41, 5.74) is 11.8. The standard InChI is InChI=1S/C40H28O/c1-25-22-26(2)24-28(23-25)29-20-21-36-39(34-18-10-11-19-35(34)41-36)40(29)38-32-16-8-6-14-30(32)37(27-12-4-3-5-13-27)31-15-7-9-17-33(31)38/h3-24H,1-2H3. The van der Waals surface area contributed by atoms with Gasteiger partial charge in [-0.2, -0.15) is 0 Å². The molecule has 8 rings (SSSR count). The van der Waals surface area contributed by atoms with Gasteiger partial charge < -0.3 is 4.42 Å². The Hall–Kier alpha value is -5.14. The van der Waals surface area contributed by atoms with Crippen molar-refractivity contribution in [2.24, 2.45) is 0 Å². The van der Waals surface area contributed by atoms with Gasteiger partial charge in [0.1, 0.15) is 11.2 Å². The third-order valence-electron chi connectivity index (χ3n) is 8.32. The largest absolute Gasteiger partial charge is 0.456 e. The fraction of sp³-hybridized carbons (Fsp3) is 0.0500. The zero-order valence-electron chi connectivity index (χ0n) is 23.1. The fourth-order valence-electron chi connectivity index (χ4n) is 6.76. The Bertz CT molecular complexity index is 2190. The van der Waals surface area contributed by atoms with Crippen LogP contribution in [0.1, 0.15) is 11.1 Å². The number of benzene rings is 7. The van der Waals surface area contributed by atoms with Crippen LogP contribution in [-0.2, 0) is 0 Å². The van der Waals surface area contributed by atoms with E-state index in [9.17, 15) is 0 Å². The molecule has 1 nitrogen and oxygen atoms in total. The Morgan fingerprint density at radius 2 is 0.927 bits per heavy atom. The molecule has 0 amide bonds. The highest BCUT2D eigenvalue weighted by Gasteiger charge is 2.23. The first-order valence-corrected chi connectivity index (χ1v) is 14.2. The minimum Gasteiger partial charge on any atom is -0.456 e. The average molecular weight is 525 g/mol. The molecule has 0 aliphatic carbocycles. The van der Waals surface area contributed by atoms with Crippen molar-refractivity contribution in [3.63, 3.8) is 0 Å². The minimum atomic E-state index is 0.912. The highest BCUT2D eigenvalue weighted by molar-refractivity contribution is 6.27. The number of rotatable bonds is 3. The van der Waals surface area contributed by atoms with Crippen LogP contribution in [0.5, 0.6) is 0 Å². The van der Waals surface area contributed by atoms with Gasteiger partial charge in [-0.15, -0.1) is 0 Å². The van der Waals surface area contributed by atoms with Crippen molar-refractivity contribution in [2.75, 3.05) is 0 Å². The molecule has 7 aromatic carbocycles. The van der Waals surface area contributed by atoms with Gasteiger partial charge in [0.2, 0.25) is 0 Å². The van der Waals surface area contributed by atoms with Crippen LogP contribution < -0.4 is 0 Å². The van der Waals surface area contributed by atoms with Crippen LogP contribution in [0.15, 0.2) is 138 Å². The third kappa shape index (κ3) is 3.70. The van der Waals surface area contributed by atoms with E-state index in [1.54, 1.807) is 0 Å². The molecule has 1 heterocycles. The number of fused-ring (bicyclic) bond motifs is 5. The lowest BCUT2D eigenvalue weighted by molar-refractivity contribution is 0.669. The summed E-state index contributed by atoms with van der Waals surface area (Å²) >= 11 is 0. The van der Waals surface area contributed by atoms with Gasteiger partial charge in [0.25, 0.3) is 0 Å². The van der Waals surface area contributed by atoms with Crippen molar-refractivity contribution in [1.29, 1.82) is 0 Å². The molecule has 1 aromatic heterocycles. The van der Waals surface area contributed by atoms with Crippen molar-refractivity contribution in [1.82, 2.24) is 0 Å². The normalized spacial score (nSPS) is 11.7. The Balaban J connectivity index is 1.63. The van der Waals surface area contributed by atoms with Crippen molar-refractivity contribution in [3.05, 3.63) is 145 Å². The molecule has 0 bridgehead atoms. The molecule has 0 saturated carbocycles. The van der Waals surface area contributed by atoms with Crippen LogP contribution in [0, 0.1) is 13.8 Å². The van der Waals surface area contributed by atoms with E-state index >= 15 is 0 Å². The lowest BCUT2D eigenvalue weighted by Gasteiger charge is -2.20. The number of hydrogen-bond donors (Lipinski definition) is 0. The molecule has 41 heavy (non-hydrogen) atoms. The van der Waals surface area contributed by atoms with Crippen molar-refractivity contribution < 1.29 is 4.42 Å². The van der Waals surface area contributed by atoms with Crippen LogP contribution in [-0.4, -0.2) is 0 Å². The summed E-state index contributed by atoms with van der Waals surface area (Å²) in [5, 5.41) is 7.30. The van der Waals surface area contributed by atoms with Crippen LogP contribution >= 0.6 is 0 Å². The molecule has 0 spiro atoms. The van der Waals surface area contributed by atoms with Gasteiger partial charge in [-0.1, -0.05) is 132 Å². The Morgan fingerprint density at radius 3 is 1.56 bits per heavy atom. The third-order valence-corrected chi connectivity index (χ3v) is 8.32. The molecule has 0 N–H and O–H groups in total. The molecule has 0 atom stereocenters. The topological polar surface area (TPSA) is 13.1 Å². The van der Waals surface area contributed by atoms with Crippen LogP contribution in [0.2, 0.25) is 0 Å². The van der Waals surface area contributed by atoms with Gasteiger partial charge in [0.15, 0.2) is 0 Å². The Morgan fingerprint density at radius 1 is 0.390 bits per heavy atom. The molecular formula is C40H28O. The second kappa shape index (κ2) is 9.21. The number of hydrogen-bond acceptors (Lipinski definition) is 1.